The van der Waals surface area contributed by atoms with E-state index < -0.39 is 0 Å². The molecular formula is C95H110Cl5F5O10S5. The highest BCUT2D eigenvalue weighted by Gasteiger charge is 2.16. The number of rotatable bonds is 35. The zero-order valence-corrected chi connectivity index (χ0v) is 76.4. The van der Waals surface area contributed by atoms with Gasteiger partial charge in [-0.2, -0.15) is 0 Å². The summed E-state index contributed by atoms with van der Waals surface area (Å²) in [6, 6.07) is 62.9. The van der Waals surface area contributed by atoms with E-state index >= 15 is 0 Å². The Kier molecular flexibility index (Phi) is 57.5. The Labute approximate surface area is 757 Å². The lowest BCUT2D eigenvalue weighted by Crippen LogP contribution is -2.08. The molecule has 0 aliphatic carbocycles. The molecule has 0 heterocycles. The first-order chi connectivity index (χ1) is 55.5. The number of unbranched alkanes of at least 4 members (excludes halogenated alkanes) is 15. The minimum Gasteiger partial charge on any atom is -0.423 e. The highest BCUT2D eigenvalue weighted by Crippen LogP contribution is 2.31. The molecule has 0 amide bonds. The molecule has 0 unspecified atom stereocenters. The highest BCUT2D eigenvalue weighted by atomic mass is 35.5. The summed E-state index contributed by atoms with van der Waals surface area (Å²) in [5.41, 5.74) is 8.93. The summed E-state index contributed by atoms with van der Waals surface area (Å²) in [5.74, 6) is 0.171. The quantitative estimate of drug-likeness (QED) is 0.00860. The summed E-state index contributed by atoms with van der Waals surface area (Å²) < 4.78 is 26.7. The molecule has 10 aromatic rings. The lowest BCUT2D eigenvalue weighted by atomic mass is 10.0. The molecule has 0 saturated heterocycles. The first kappa shape index (κ1) is 110. The molecule has 25 heteroatoms. The maximum absolute atomic E-state index is 12.1. The monoisotopic (exact) mass is 1840 g/mol. The van der Waals surface area contributed by atoms with Crippen LogP contribution >= 0.6 is 121 Å². The lowest BCUT2D eigenvalue weighted by molar-refractivity contribution is 0.0725. The summed E-state index contributed by atoms with van der Waals surface area (Å²) in [6.45, 7) is 11.0. The maximum Gasteiger partial charge on any atom is 0.343 e. The molecule has 10 nitrogen and oxygen atoms in total. The highest BCUT2D eigenvalue weighted by molar-refractivity contribution is 7.81. The number of hydrogen-bond donors (Lipinski definition) is 5. The Morgan fingerprint density at radius 1 is 0.217 bits per heavy atom. The molecule has 0 atom stereocenters. The second-order valence-corrected chi connectivity index (χ2v) is 32.0. The van der Waals surface area contributed by atoms with E-state index in [1.54, 1.807) is 91.0 Å². The number of benzene rings is 10. The number of aryl methyl sites for hydroxylation is 5. The van der Waals surface area contributed by atoms with Gasteiger partial charge in [0, 0.05) is 54.8 Å². The van der Waals surface area contributed by atoms with Crippen LogP contribution in [0, 0.1) is 0 Å². The van der Waals surface area contributed by atoms with Gasteiger partial charge in [0.2, 0.25) is 0 Å². The van der Waals surface area contributed by atoms with Crippen LogP contribution in [0.15, 0.2) is 237 Å². The normalized spacial score (nSPS) is 10.1. The summed E-state index contributed by atoms with van der Waals surface area (Å²) in [4.78, 5) is 63.9. The second-order valence-electron chi connectivity index (χ2n) is 27.6. The fourth-order valence-corrected chi connectivity index (χ4v) is 13.0. The van der Waals surface area contributed by atoms with Crippen molar-refractivity contribution in [2.75, 3.05) is 0 Å². The predicted octanol–water partition coefficient (Wildman–Crippen LogP) is 30.6. The Morgan fingerprint density at radius 2 is 0.358 bits per heavy atom. The number of thiol groups is 5. The van der Waals surface area contributed by atoms with Gasteiger partial charge in [0.15, 0.2) is 0 Å². The van der Waals surface area contributed by atoms with Gasteiger partial charge in [-0.15, -0.1) is 63.1 Å². The molecule has 10 aromatic carbocycles. The van der Waals surface area contributed by atoms with Crippen molar-refractivity contribution in [1.82, 2.24) is 0 Å². The number of halogens is 10. The van der Waals surface area contributed by atoms with Crippen molar-refractivity contribution in [1.29, 1.82) is 0 Å². The summed E-state index contributed by atoms with van der Waals surface area (Å²) in [5, 5.41) is 2.30. The van der Waals surface area contributed by atoms with Gasteiger partial charge in [-0.05, 0) is 213 Å². The molecule has 0 aliphatic heterocycles. The van der Waals surface area contributed by atoms with Gasteiger partial charge in [-0.1, -0.05) is 250 Å². The van der Waals surface area contributed by atoms with Crippen molar-refractivity contribution in [3.8, 4) is 28.7 Å². The molecule has 0 radical (unpaired) electrons. The van der Waals surface area contributed by atoms with Crippen LogP contribution in [0.3, 0.4) is 0 Å². The van der Waals surface area contributed by atoms with E-state index in [1.807, 2.05) is 121 Å². The molecule has 0 aromatic heterocycles. The Bertz CT molecular complexity index is 3970. The Morgan fingerprint density at radius 3 is 0.483 bits per heavy atom. The summed E-state index contributed by atoms with van der Waals surface area (Å²) >= 11 is 50.8. The third-order valence-corrected chi connectivity index (χ3v) is 22.4. The number of hydrogen-bond acceptors (Lipinski definition) is 15. The third-order valence-electron chi connectivity index (χ3n) is 18.2. The summed E-state index contributed by atoms with van der Waals surface area (Å²) in [7, 11) is 0. The third kappa shape index (κ3) is 42.0. The maximum atomic E-state index is 12.1. The van der Waals surface area contributed by atoms with Gasteiger partial charge in [0.1, 0.15) is 28.7 Å². The standard InChI is InChI=1S/5C19H21ClO2S.5FH/c5*1-2-3-4-5-6-14-7-9-15(10-8-14)19(21)22-16-11-12-18(23)17(20)13-16;;;;;/h5*7-13,23H,2-6H2,1H3;5*1H. The molecule has 0 aliphatic rings. The number of esters is 5. The molecule has 10 rings (SSSR count). The molecule has 0 bridgehead atoms. The topological polar surface area (TPSA) is 132 Å². The van der Waals surface area contributed by atoms with Crippen LogP contribution in [0.1, 0.15) is 243 Å². The predicted molar refractivity (Wildman–Crippen MR) is 502 cm³/mol. The first-order valence-electron chi connectivity index (χ1n) is 39.5. The zero-order chi connectivity index (χ0) is 83.3. The van der Waals surface area contributed by atoms with E-state index in [-0.39, 0.29) is 53.4 Å². The van der Waals surface area contributed by atoms with Gasteiger partial charge in [0.05, 0.1) is 52.9 Å². The van der Waals surface area contributed by atoms with E-state index in [2.05, 4.69) is 97.8 Å². The van der Waals surface area contributed by atoms with E-state index in [9.17, 15) is 24.0 Å². The smallest absolute Gasteiger partial charge is 0.343 e. The second kappa shape index (κ2) is 62.5. The molecule has 0 fully saturated rings. The van der Waals surface area contributed by atoms with Crippen LogP contribution in [-0.4, -0.2) is 29.8 Å². The molecule has 0 saturated carbocycles. The average molecular weight is 1840 g/mol. The van der Waals surface area contributed by atoms with Crippen molar-refractivity contribution in [2.24, 2.45) is 0 Å². The van der Waals surface area contributed by atoms with Gasteiger partial charge >= 0.3 is 29.8 Å². The van der Waals surface area contributed by atoms with Crippen molar-refractivity contribution in [3.63, 3.8) is 0 Å². The first-order valence-corrected chi connectivity index (χ1v) is 43.6. The SMILES string of the molecule is CCCCCCc1ccc(C(=O)Oc2ccc(S)c(Cl)c2)cc1.CCCCCCc1ccc(C(=O)Oc2ccc(S)c(Cl)c2)cc1.CCCCCCc1ccc(C(=O)Oc2ccc(S)c(Cl)c2)cc1.CCCCCCc1ccc(C(=O)Oc2ccc(S)c(Cl)c2)cc1.CCCCCCc1ccc(C(=O)Oc2ccc(S)c(Cl)c2)cc1.F.F.F.F.F. The van der Waals surface area contributed by atoms with Gasteiger partial charge < -0.3 is 23.7 Å². The van der Waals surface area contributed by atoms with Gasteiger partial charge in [-0.25, -0.2) is 24.0 Å². The largest absolute Gasteiger partial charge is 0.423 e. The lowest BCUT2D eigenvalue weighted by Gasteiger charge is -2.07. The fourth-order valence-electron chi connectivity index (χ4n) is 11.4. The van der Waals surface area contributed by atoms with Crippen LogP contribution in [0.25, 0.3) is 0 Å². The van der Waals surface area contributed by atoms with E-state index in [0.717, 1.165) is 32.1 Å². The molecule has 0 spiro atoms. The van der Waals surface area contributed by atoms with Gasteiger partial charge in [-0.3, -0.25) is 23.5 Å². The summed E-state index contributed by atoms with van der Waals surface area (Å²) in [6.07, 6.45) is 30.0. The van der Waals surface area contributed by atoms with Crippen LogP contribution in [0.4, 0.5) is 23.5 Å². The van der Waals surface area contributed by atoms with Crippen molar-refractivity contribution in [3.05, 3.63) is 293 Å². The van der Waals surface area contributed by atoms with Crippen molar-refractivity contribution in [2.45, 2.75) is 220 Å². The molecule has 0 N–H and O–H groups in total. The van der Waals surface area contributed by atoms with Crippen molar-refractivity contribution < 1.29 is 71.2 Å². The molecule has 650 valence electrons. The van der Waals surface area contributed by atoms with Crippen molar-refractivity contribution >= 4 is 151 Å². The van der Waals surface area contributed by atoms with Gasteiger partial charge in [0.25, 0.3) is 0 Å². The minimum absolute atomic E-state index is 0. The number of ether oxygens (including phenoxy) is 5. The average Bonchev–Trinajstić information content (AvgIpc) is 0.872. The Balaban J connectivity index is 0.000000742. The fraction of sp³-hybridized carbons (Fsp3) is 0.316. The van der Waals surface area contributed by atoms with Crippen LogP contribution in [0.5, 0.6) is 28.7 Å². The van der Waals surface area contributed by atoms with Crippen LogP contribution in [-0.2, 0) is 32.1 Å². The van der Waals surface area contributed by atoms with Crippen LogP contribution in [0.2, 0.25) is 25.1 Å². The Hall–Kier alpha value is -7.60. The molecular weight excluding hydrogens is 1730 g/mol. The van der Waals surface area contributed by atoms with E-state index in [4.69, 9.17) is 81.7 Å². The van der Waals surface area contributed by atoms with Crippen LogP contribution < -0.4 is 23.7 Å². The van der Waals surface area contributed by atoms with E-state index in [1.165, 1.54) is 156 Å². The minimum atomic E-state index is -0.384. The number of carbonyl (C=O) groups excluding carboxylic acids is 5. The number of carbonyl (C=O) groups is 5. The van der Waals surface area contributed by atoms with E-state index in [0.29, 0.717) is 106 Å². The zero-order valence-electron chi connectivity index (χ0n) is 68.1. The molecule has 120 heavy (non-hydrogen) atoms.